The molecule has 0 atom stereocenters. The second-order valence-electron chi connectivity index (χ2n) is 6.62. The van der Waals surface area contributed by atoms with Gasteiger partial charge in [-0.2, -0.15) is 5.10 Å². The Balaban J connectivity index is 1.39. The van der Waals surface area contributed by atoms with Gasteiger partial charge in [-0.3, -0.25) is 10.1 Å². The molecule has 0 amide bonds. The molecule has 5 rings (SSSR count). The van der Waals surface area contributed by atoms with Crippen molar-refractivity contribution in [1.82, 2.24) is 25.1 Å². The minimum absolute atomic E-state index is 0.673. The number of nitrogens with one attached hydrogen (secondary N) is 3. The van der Waals surface area contributed by atoms with Crippen molar-refractivity contribution in [1.29, 1.82) is 0 Å². The zero-order chi connectivity index (χ0) is 18.9. The lowest BCUT2D eigenvalue weighted by molar-refractivity contribution is 1.01. The molecule has 0 bridgehead atoms. The number of H-pyrrole nitrogens is 2. The lowest BCUT2D eigenvalue weighted by Crippen LogP contribution is -2.04. The summed E-state index contributed by atoms with van der Waals surface area (Å²) >= 11 is 6.14. The average Bonchev–Trinajstić information content (AvgIpc) is 3.31. The highest BCUT2D eigenvalue weighted by molar-refractivity contribution is 6.31. The molecule has 0 saturated heterocycles. The van der Waals surface area contributed by atoms with Crippen LogP contribution < -0.4 is 5.32 Å². The molecule has 3 N–H and O–H groups in total. The van der Waals surface area contributed by atoms with E-state index in [1.54, 1.807) is 6.20 Å². The number of rotatable bonds is 5. The Morgan fingerprint density at radius 3 is 2.89 bits per heavy atom. The fourth-order valence-corrected chi connectivity index (χ4v) is 3.47. The SMILES string of the molecule is Clc1ccc2[nH]nc(-c3nc4ccc(NCCc5cccnc5)cc4[nH]3)c2c1. The van der Waals surface area contributed by atoms with Crippen molar-refractivity contribution >= 4 is 39.2 Å². The first-order valence-corrected chi connectivity index (χ1v) is 9.40. The van der Waals surface area contributed by atoms with E-state index in [1.807, 2.05) is 42.6 Å². The standard InChI is InChI=1S/C21H17ClN6/c22-14-3-5-17-16(10-14)20(28-27-17)21-25-18-6-4-15(11-19(18)26-21)24-9-7-13-2-1-8-23-12-13/h1-6,8,10-12,24H,7,9H2,(H,25,26)(H,27,28). The van der Waals surface area contributed by atoms with Crippen LogP contribution in [-0.2, 0) is 6.42 Å². The second-order valence-corrected chi connectivity index (χ2v) is 7.05. The minimum Gasteiger partial charge on any atom is -0.385 e. The van der Waals surface area contributed by atoms with Gasteiger partial charge in [-0.1, -0.05) is 17.7 Å². The topological polar surface area (TPSA) is 82.3 Å². The van der Waals surface area contributed by atoms with Gasteiger partial charge in [-0.25, -0.2) is 4.98 Å². The minimum atomic E-state index is 0.673. The highest BCUT2D eigenvalue weighted by Crippen LogP contribution is 2.28. The van der Waals surface area contributed by atoms with Gasteiger partial charge in [-0.15, -0.1) is 0 Å². The Labute approximate surface area is 166 Å². The predicted molar refractivity (Wildman–Crippen MR) is 113 cm³/mol. The molecule has 2 aromatic carbocycles. The van der Waals surface area contributed by atoms with Crippen molar-refractivity contribution in [3.8, 4) is 11.5 Å². The molecule has 0 aliphatic carbocycles. The number of halogens is 1. The van der Waals surface area contributed by atoms with Crippen LogP contribution in [-0.4, -0.2) is 31.7 Å². The smallest absolute Gasteiger partial charge is 0.159 e. The number of benzene rings is 2. The van der Waals surface area contributed by atoms with E-state index in [1.165, 1.54) is 5.56 Å². The van der Waals surface area contributed by atoms with E-state index in [-0.39, 0.29) is 0 Å². The number of fused-ring (bicyclic) bond motifs is 2. The molecule has 3 heterocycles. The predicted octanol–water partition coefficient (Wildman–Crippen LogP) is 4.81. The highest BCUT2D eigenvalue weighted by atomic mass is 35.5. The fraction of sp³-hybridized carbons (Fsp3) is 0.0952. The van der Waals surface area contributed by atoms with Crippen molar-refractivity contribution in [3.63, 3.8) is 0 Å². The van der Waals surface area contributed by atoms with Crippen LogP contribution in [0.3, 0.4) is 0 Å². The fourth-order valence-electron chi connectivity index (χ4n) is 3.30. The molecule has 0 radical (unpaired) electrons. The van der Waals surface area contributed by atoms with Gasteiger partial charge in [-0.05, 0) is 54.4 Å². The molecule has 0 aliphatic rings. The van der Waals surface area contributed by atoms with E-state index >= 15 is 0 Å². The number of aromatic amines is 2. The lowest BCUT2D eigenvalue weighted by atomic mass is 10.2. The maximum atomic E-state index is 6.14. The number of imidazole rings is 1. The molecular formula is C21H17ClN6. The van der Waals surface area contributed by atoms with Gasteiger partial charge in [0, 0.05) is 35.0 Å². The Morgan fingerprint density at radius 2 is 2.00 bits per heavy atom. The molecule has 0 unspecified atom stereocenters. The zero-order valence-electron chi connectivity index (χ0n) is 14.9. The van der Waals surface area contributed by atoms with E-state index in [9.17, 15) is 0 Å². The zero-order valence-corrected chi connectivity index (χ0v) is 15.7. The molecule has 3 aromatic heterocycles. The van der Waals surface area contributed by atoms with Gasteiger partial charge >= 0.3 is 0 Å². The Bertz CT molecular complexity index is 1260. The quantitative estimate of drug-likeness (QED) is 0.403. The first-order chi connectivity index (χ1) is 13.8. The molecule has 6 nitrogen and oxygen atoms in total. The van der Waals surface area contributed by atoms with Crippen LogP contribution in [0.5, 0.6) is 0 Å². The summed E-state index contributed by atoms with van der Waals surface area (Å²) in [4.78, 5) is 12.2. The first kappa shape index (κ1) is 16.8. The van der Waals surface area contributed by atoms with Gasteiger partial charge in [0.05, 0.1) is 16.6 Å². The summed E-state index contributed by atoms with van der Waals surface area (Å²) in [6.07, 6.45) is 4.60. The van der Waals surface area contributed by atoms with Crippen LogP contribution in [0.25, 0.3) is 33.5 Å². The normalized spacial score (nSPS) is 11.3. The Kier molecular flexibility index (Phi) is 4.18. The summed E-state index contributed by atoms with van der Waals surface area (Å²) in [7, 11) is 0. The molecule has 0 saturated carbocycles. The van der Waals surface area contributed by atoms with Gasteiger partial charge in [0.1, 0.15) is 5.69 Å². The van der Waals surface area contributed by atoms with Crippen LogP contribution in [0.15, 0.2) is 60.9 Å². The summed E-state index contributed by atoms with van der Waals surface area (Å²) in [5, 5.41) is 12.5. The molecular weight excluding hydrogens is 372 g/mol. The number of hydrogen-bond donors (Lipinski definition) is 3. The van der Waals surface area contributed by atoms with Crippen LogP contribution >= 0.6 is 11.6 Å². The van der Waals surface area contributed by atoms with E-state index in [4.69, 9.17) is 11.6 Å². The third-order valence-corrected chi connectivity index (χ3v) is 4.93. The van der Waals surface area contributed by atoms with E-state index in [0.29, 0.717) is 5.02 Å². The molecule has 0 fully saturated rings. The van der Waals surface area contributed by atoms with Gasteiger partial charge in [0.2, 0.25) is 0 Å². The third-order valence-electron chi connectivity index (χ3n) is 4.70. The third kappa shape index (κ3) is 3.18. The number of pyridine rings is 1. The van der Waals surface area contributed by atoms with Crippen LogP contribution in [0.1, 0.15) is 5.56 Å². The summed E-state index contributed by atoms with van der Waals surface area (Å²) in [5.41, 5.74) is 5.80. The molecule has 138 valence electrons. The first-order valence-electron chi connectivity index (χ1n) is 9.03. The van der Waals surface area contributed by atoms with Gasteiger partial charge in [0.15, 0.2) is 5.82 Å². The molecule has 28 heavy (non-hydrogen) atoms. The maximum Gasteiger partial charge on any atom is 0.159 e. The summed E-state index contributed by atoms with van der Waals surface area (Å²) in [5.74, 6) is 0.719. The van der Waals surface area contributed by atoms with Crippen molar-refractivity contribution in [2.75, 3.05) is 11.9 Å². The van der Waals surface area contributed by atoms with Crippen molar-refractivity contribution in [2.24, 2.45) is 0 Å². The van der Waals surface area contributed by atoms with Crippen LogP contribution in [0, 0.1) is 0 Å². The lowest BCUT2D eigenvalue weighted by Gasteiger charge is -2.06. The maximum absolute atomic E-state index is 6.14. The van der Waals surface area contributed by atoms with Gasteiger partial charge in [0.25, 0.3) is 0 Å². The Hall–Kier alpha value is -3.38. The van der Waals surface area contributed by atoms with Crippen molar-refractivity contribution < 1.29 is 0 Å². The Morgan fingerprint density at radius 1 is 1.04 bits per heavy atom. The van der Waals surface area contributed by atoms with Crippen molar-refractivity contribution in [3.05, 3.63) is 71.5 Å². The van der Waals surface area contributed by atoms with Crippen LogP contribution in [0.2, 0.25) is 5.02 Å². The summed E-state index contributed by atoms with van der Waals surface area (Å²) in [6, 6.07) is 15.8. The van der Waals surface area contributed by atoms with Crippen molar-refractivity contribution in [2.45, 2.75) is 6.42 Å². The van der Waals surface area contributed by atoms with E-state index in [0.717, 1.165) is 52.1 Å². The van der Waals surface area contributed by atoms with Gasteiger partial charge < -0.3 is 10.3 Å². The summed E-state index contributed by atoms with van der Waals surface area (Å²) < 4.78 is 0. The van der Waals surface area contributed by atoms with E-state index in [2.05, 4.69) is 42.6 Å². The number of aromatic nitrogens is 5. The molecule has 0 spiro atoms. The van der Waals surface area contributed by atoms with E-state index < -0.39 is 0 Å². The molecule has 5 aromatic rings. The highest BCUT2D eigenvalue weighted by Gasteiger charge is 2.13. The largest absolute Gasteiger partial charge is 0.385 e. The van der Waals surface area contributed by atoms with Crippen LogP contribution in [0.4, 0.5) is 5.69 Å². The number of hydrogen-bond acceptors (Lipinski definition) is 4. The molecule has 0 aliphatic heterocycles. The molecule has 7 heteroatoms. The monoisotopic (exact) mass is 388 g/mol. The average molecular weight is 389 g/mol. The number of nitrogens with zero attached hydrogens (tertiary/aromatic N) is 3. The number of anilines is 1. The summed E-state index contributed by atoms with van der Waals surface area (Å²) in [6.45, 7) is 0.834. The second kappa shape index (κ2) is 6.98.